The Hall–Kier alpha value is -1.77. The summed E-state index contributed by atoms with van der Waals surface area (Å²) in [7, 11) is 0. The number of benzene rings is 1. The molecule has 5 N–H and O–H groups in total. The third-order valence-electron chi connectivity index (χ3n) is 3.22. The zero-order valence-electron chi connectivity index (χ0n) is 9.93. The molecule has 2 aromatic rings. The molecule has 1 saturated heterocycles. The van der Waals surface area contributed by atoms with Crippen molar-refractivity contribution in [1.82, 2.24) is 25.7 Å². The lowest BCUT2D eigenvalue weighted by atomic mass is 10.0. The normalized spacial score (nSPS) is 22.8. The molecule has 1 aromatic heterocycles. The molecule has 0 amide bonds. The molecule has 2 unspecified atom stereocenters. The van der Waals surface area contributed by atoms with Crippen LogP contribution >= 0.6 is 12.2 Å². The molecular weight excluding hydrogens is 267 g/mol. The van der Waals surface area contributed by atoms with Crippen LogP contribution in [0.15, 0.2) is 24.3 Å². The summed E-state index contributed by atoms with van der Waals surface area (Å²) in [5, 5.41) is 6.75. The minimum Gasteiger partial charge on any atom is -0.335 e. The average molecular weight is 280 g/mol. The van der Waals surface area contributed by atoms with Gasteiger partial charge in [-0.15, -0.1) is 0 Å². The Morgan fingerprint density at radius 1 is 1.26 bits per heavy atom. The topological polar surface area (TPSA) is 83.7 Å². The lowest BCUT2D eigenvalue weighted by Gasteiger charge is -2.09. The van der Waals surface area contributed by atoms with Crippen LogP contribution in [0.5, 0.6) is 0 Å². The molecule has 100 valence electrons. The lowest BCUT2D eigenvalue weighted by Crippen LogP contribution is -2.29. The fourth-order valence-corrected chi connectivity index (χ4v) is 2.34. The van der Waals surface area contributed by atoms with Gasteiger partial charge in [0.05, 0.1) is 6.04 Å². The van der Waals surface area contributed by atoms with Gasteiger partial charge in [-0.2, -0.15) is 5.10 Å². The molecule has 0 aliphatic carbocycles. The number of hydrazine groups is 1. The Morgan fingerprint density at radius 3 is 2.58 bits per heavy atom. The van der Waals surface area contributed by atoms with Crippen LogP contribution in [0.3, 0.4) is 0 Å². The number of nitrogen functional groups attached to an aromatic ring is 1. The first-order valence-electron chi connectivity index (χ1n) is 5.84. The van der Waals surface area contributed by atoms with Crippen molar-refractivity contribution < 1.29 is 4.39 Å². The van der Waals surface area contributed by atoms with Gasteiger partial charge in [-0.1, -0.05) is 12.1 Å². The largest absolute Gasteiger partial charge is 0.335 e. The van der Waals surface area contributed by atoms with E-state index in [2.05, 4.69) is 21.0 Å². The van der Waals surface area contributed by atoms with E-state index in [4.69, 9.17) is 18.1 Å². The second-order valence-corrected chi connectivity index (χ2v) is 4.82. The molecule has 1 aliphatic rings. The Kier molecular flexibility index (Phi) is 3.05. The van der Waals surface area contributed by atoms with Gasteiger partial charge in [0.1, 0.15) is 5.82 Å². The van der Waals surface area contributed by atoms with Crippen LogP contribution in [-0.4, -0.2) is 14.9 Å². The Labute approximate surface area is 113 Å². The fourth-order valence-electron chi connectivity index (χ4n) is 2.20. The van der Waals surface area contributed by atoms with E-state index < -0.39 is 0 Å². The minimum atomic E-state index is -0.242. The zero-order chi connectivity index (χ0) is 13.4. The number of nitrogens with one attached hydrogen (secondary N) is 3. The number of aromatic amines is 1. The average Bonchev–Trinajstić information content (AvgIpc) is 2.99. The van der Waals surface area contributed by atoms with E-state index in [0.717, 1.165) is 12.0 Å². The maximum Gasteiger partial charge on any atom is 0.214 e. The van der Waals surface area contributed by atoms with Gasteiger partial charge >= 0.3 is 0 Å². The van der Waals surface area contributed by atoms with Gasteiger partial charge in [-0.3, -0.25) is 5.10 Å². The SMILES string of the molecule is Nn1c(C2CC(c3ccc(F)cc3)NN2)n[nH]c1=S. The molecule has 0 saturated carbocycles. The molecule has 0 spiro atoms. The van der Waals surface area contributed by atoms with Crippen molar-refractivity contribution in [2.24, 2.45) is 0 Å². The van der Waals surface area contributed by atoms with Crippen LogP contribution in [0.1, 0.15) is 29.9 Å². The first-order valence-corrected chi connectivity index (χ1v) is 6.25. The first-order chi connectivity index (χ1) is 9.15. The third kappa shape index (κ3) is 2.25. The molecule has 1 fully saturated rings. The number of halogens is 1. The molecule has 6 nitrogen and oxygen atoms in total. The fraction of sp³-hybridized carbons (Fsp3) is 0.273. The highest BCUT2D eigenvalue weighted by atomic mass is 32.1. The van der Waals surface area contributed by atoms with E-state index in [9.17, 15) is 4.39 Å². The molecule has 2 heterocycles. The summed E-state index contributed by atoms with van der Waals surface area (Å²) in [6.07, 6.45) is 0.752. The summed E-state index contributed by atoms with van der Waals surface area (Å²) in [5.74, 6) is 6.19. The highest BCUT2D eigenvalue weighted by Gasteiger charge is 2.29. The Bertz CT molecular complexity index is 633. The van der Waals surface area contributed by atoms with Crippen molar-refractivity contribution in [3.05, 3.63) is 46.2 Å². The van der Waals surface area contributed by atoms with E-state index in [1.54, 1.807) is 12.1 Å². The van der Waals surface area contributed by atoms with Crippen LogP contribution < -0.4 is 16.7 Å². The number of rotatable bonds is 2. The van der Waals surface area contributed by atoms with E-state index in [1.807, 2.05) is 0 Å². The maximum absolute atomic E-state index is 12.9. The van der Waals surface area contributed by atoms with E-state index in [0.29, 0.717) is 10.6 Å². The van der Waals surface area contributed by atoms with Crippen LogP contribution in [-0.2, 0) is 0 Å². The summed E-state index contributed by atoms with van der Waals surface area (Å²) >= 11 is 4.98. The van der Waals surface area contributed by atoms with Crippen LogP contribution in [0.25, 0.3) is 0 Å². The predicted octanol–water partition coefficient (Wildman–Crippen LogP) is 1.07. The van der Waals surface area contributed by atoms with Gasteiger partial charge in [0.25, 0.3) is 0 Å². The number of aromatic nitrogens is 3. The molecular formula is C11H13FN6S. The van der Waals surface area contributed by atoms with E-state index >= 15 is 0 Å². The van der Waals surface area contributed by atoms with Gasteiger partial charge in [-0.25, -0.2) is 19.9 Å². The Balaban J connectivity index is 1.79. The van der Waals surface area contributed by atoms with Gasteiger partial charge < -0.3 is 5.84 Å². The second-order valence-electron chi connectivity index (χ2n) is 4.44. The number of nitrogens with zero attached hydrogens (tertiary/aromatic N) is 2. The Morgan fingerprint density at radius 2 is 1.95 bits per heavy atom. The van der Waals surface area contributed by atoms with Crippen molar-refractivity contribution in [3.8, 4) is 0 Å². The molecule has 3 rings (SSSR count). The van der Waals surface area contributed by atoms with Crippen molar-refractivity contribution in [2.75, 3.05) is 5.84 Å². The van der Waals surface area contributed by atoms with Crippen molar-refractivity contribution in [2.45, 2.75) is 18.5 Å². The van der Waals surface area contributed by atoms with Crippen molar-refractivity contribution in [1.29, 1.82) is 0 Å². The smallest absolute Gasteiger partial charge is 0.214 e. The molecule has 19 heavy (non-hydrogen) atoms. The van der Waals surface area contributed by atoms with Gasteiger partial charge in [0.15, 0.2) is 5.82 Å². The summed E-state index contributed by atoms with van der Waals surface area (Å²) in [6, 6.07) is 6.45. The lowest BCUT2D eigenvalue weighted by molar-refractivity contribution is 0.531. The van der Waals surface area contributed by atoms with Crippen LogP contribution in [0.4, 0.5) is 4.39 Å². The monoisotopic (exact) mass is 280 g/mol. The van der Waals surface area contributed by atoms with Crippen LogP contribution in [0.2, 0.25) is 0 Å². The summed E-state index contributed by atoms with van der Waals surface area (Å²) in [6.45, 7) is 0. The van der Waals surface area contributed by atoms with E-state index in [1.165, 1.54) is 16.8 Å². The van der Waals surface area contributed by atoms with Crippen molar-refractivity contribution >= 4 is 12.2 Å². The van der Waals surface area contributed by atoms with Gasteiger partial charge in [0, 0.05) is 6.04 Å². The first kappa shape index (κ1) is 12.3. The van der Waals surface area contributed by atoms with Gasteiger partial charge in [0.2, 0.25) is 4.77 Å². The number of hydrogen-bond acceptors (Lipinski definition) is 5. The quantitative estimate of drug-likeness (QED) is 0.488. The van der Waals surface area contributed by atoms with Crippen LogP contribution in [0, 0.1) is 10.6 Å². The third-order valence-corrected chi connectivity index (χ3v) is 3.51. The van der Waals surface area contributed by atoms with Gasteiger partial charge in [-0.05, 0) is 36.3 Å². The molecule has 1 aromatic carbocycles. The second kappa shape index (κ2) is 4.72. The number of H-pyrrole nitrogens is 1. The summed E-state index contributed by atoms with van der Waals surface area (Å²) < 4.78 is 14.6. The number of hydrogen-bond donors (Lipinski definition) is 4. The summed E-state index contributed by atoms with van der Waals surface area (Å²) in [5.41, 5.74) is 7.27. The zero-order valence-corrected chi connectivity index (χ0v) is 10.7. The summed E-state index contributed by atoms with van der Waals surface area (Å²) in [4.78, 5) is 0. The molecule has 8 heteroatoms. The maximum atomic E-state index is 12.9. The van der Waals surface area contributed by atoms with Crippen molar-refractivity contribution in [3.63, 3.8) is 0 Å². The number of nitrogens with two attached hydrogens (primary N) is 1. The highest BCUT2D eigenvalue weighted by molar-refractivity contribution is 7.71. The molecule has 1 aliphatic heterocycles. The molecule has 0 radical (unpaired) electrons. The molecule has 0 bridgehead atoms. The van der Waals surface area contributed by atoms with E-state index in [-0.39, 0.29) is 17.9 Å². The highest BCUT2D eigenvalue weighted by Crippen LogP contribution is 2.29. The predicted molar refractivity (Wildman–Crippen MR) is 70.3 cm³/mol. The molecule has 2 atom stereocenters. The standard InChI is InChI=1S/C11H13FN6S/c12-7-3-1-6(2-4-7)8-5-9(15-14-8)10-16-17-11(19)18(10)13/h1-4,8-9,14-15H,5,13H2,(H,17,19). The minimum absolute atomic E-state index is 0.0481.